The monoisotopic (exact) mass is 304 g/mol. The van der Waals surface area contributed by atoms with Gasteiger partial charge >= 0.3 is 0 Å². The molecule has 1 aliphatic heterocycles. The molecule has 0 aliphatic carbocycles. The molecule has 1 heterocycles. The van der Waals surface area contributed by atoms with Gasteiger partial charge in [-0.25, -0.2) is 8.42 Å². The first kappa shape index (κ1) is 13.3. The summed E-state index contributed by atoms with van der Waals surface area (Å²) in [6, 6.07) is 15.9. The van der Waals surface area contributed by atoms with Crippen LogP contribution in [0.2, 0.25) is 0 Å². The third kappa shape index (κ3) is 3.23. The predicted molar refractivity (Wildman–Crippen MR) is 80.7 cm³/mol. The van der Waals surface area contributed by atoms with E-state index < -0.39 is 9.84 Å². The van der Waals surface area contributed by atoms with E-state index in [4.69, 9.17) is 4.74 Å². The number of sulfone groups is 1. The molecule has 102 valence electrons. The van der Waals surface area contributed by atoms with E-state index in [0.29, 0.717) is 10.6 Å². The molecule has 5 heteroatoms. The highest BCUT2D eigenvalue weighted by Gasteiger charge is 2.21. The Morgan fingerprint density at radius 1 is 0.900 bits per heavy atom. The number of para-hydroxylation sites is 1. The van der Waals surface area contributed by atoms with E-state index in [9.17, 15) is 8.42 Å². The Morgan fingerprint density at radius 3 is 2.10 bits per heavy atom. The SMILES string of the molecule is O=S(=O)(CC1=CS1)c1ccc(Oc2ccccc2)cc1. The van der Waals surface area contributed by atoms with Crippen molar-refractivity contribution < 1.29 is 13.2 Å². The minimum atomic E-state index is -3.23. The molecule has 0 fully saturated rings. The number of rotatable bonds is 5. The molecule has 0 saturated heterocycles. The van der Waals surface area contributed by atoms with Crippen LogP contribution in [0.5, 0.6) is 11.5 Å². The van der Waals surface area contributed by atoms with Crippen LogP contribution in [-0.2, 0) is 9.84 Å². The molecule has 0 saturated carbocycles. The quantitative estimate of drug-likeness (QED) is 0.841. The standard InChI is InChI=1S/C15H12O3S2/c16-20(17,11-14-10-19-14)15-8-6-13(7-9-15)18-12-4-2-1-3-5-12/h1-10H,11H2. The Labute approximate surface area is 122 Å². The van der Waals surface area contributed by atoms with E-state index in [0.717, 1.165) is 10.7 Å². The largest absolute Gasteiger partial charge is 0.457 e. The van der Waals surface area contributed by atoms with E-state index in [1.807, 2.05) is 35.7 Å². The zero-order valence-corrected chi connectivity index (χ0v) is 12.2. The van der Waals surface area contributed by atoms with Crippen molar-refractivity contribution in [2.24, 2.45) is 0 Å². The Morgan fingerprint density at radius 2 is 1.50 bits per heavy atom. The maximum Gasteiger partial charge on any atom is 0.183 e. The predicted octanol–water partition coefficient (Wildman–Crippen LogP) is 3.84. The van der Waals surface area contributed by atoms with Gasteiger partial charge in [0.1, 0.15) is 11.5 Å². The summed E-state index contributed by atoms with van der Waals surface area (Å²) in [5.41, 5.74) is 0. The molecule has 3 rings (SSSR count). The van der Waals surface area contributed by atoms with Crippen molar-refractivity contribution >= 4 is 21.6 Å². The maximum atomic E-state index is 12.1. The molecule has 3 nitrogen and oxygen atoms in total. The Bertz CT molecular complexity index is 732. The Hall–Kier alpha value is -1.72. The second-order valence-electron chi connectivity index (χ2n) is 4.35. The highest BCUT2D eigenvalue weighted by Crippen LogP contribution is 2.36. The summed E-state index contributed by atoms with van der Waals surface area (Å²) >= 11 is 1.48. The van der Waals surface area contributed by atoms with Crippen LogP contribution in [-0.4, -0.2) is 14.2 Å². The Kier molecular flexibility index (Phi) is 3.54. The highest BCUT2D eigenvalue weighted by atomic mass is 32.2. The second-order valence-corrected chi connectivity index (χ2v) is 7.33. The zero-order valence-electron chi connectivity index (χ0n) is 10.5. The van der Waals surface area contributed by atoms with Crippen LogP contribution < -0.4 is 4.74 Å². The van der Waals surface area contributed by atoms with Gasteiger partial charge in [0.2, 0.25) is 0 Å². The maximum absolute atomic E-state index is 12.1. The lowest BCUT2D eigenvalue weighted by Crippen LogP contribution is -2.05. The van der Waals surface area contributed by atoms with Crippen molar-refractivity contribution in [2.45, 2.75) is 4.90 Å². The van der Waals surface area contributed by atoms with Crippen LogP contribution in [0.3, 0.4) is 0 Å². The van der Waals surface area contributed by atoms with E-state index >= 15 is 0 Å². The molecule has 0 aromatic heterocycles. The van der Waals surface area contributed by atoms with Gasteiger partial charge < -0.3 is 4.74 Å². The van der Waals surface area contributed by atoms with Crippen molar-refractivity contribution in [3.05, 3.63) is 64.9 Å². The van der Waals surface area contributed by atoms with Crippen LogP contribution in [0.1, 0.15) is 0 Å². The lowest BCUT2D eigenvalue weighted by atomic mass is 10.3. The van der Waals surface area contributed by atoms with Crippen LogP contribution in [0.15, 0.2) is 69.8 Å². The van der Waals surface area contributed by atoms with Crippen molar-refractivity contribution in [1.82, 2.24) is 0 Å². The molecule has 0 spiro atoms. The van der Waals surface area contributed by atoms with E-state index in [1.54, 1.807) is 24.3 Å². The van der Waals surface area contributed by atoms with Gasteiger partial charge in [-0.05, 0) is 41.8 Å². The smallest absolute Gasteiger partial charge is 0.183 e. The number of benzene rings is 2. The molecule has 0 N–H and O–H groups in total. The fourth-order valence-electron chi connectivity index (χ4n) is 1.72. The molecule has 20 heavy (non-hydrogen) atoms. The summed E-state index contributed by atoms with van der Waals surface area (Å²) in [4.78, 5) is 1.24. The number of ether oxygens (including phenoxy) is 1. The van der Waals surface area contributed by atoms with E-state index in [2.05, 4.69) is 0 Å². The third-order valence-electron chi connectivity index (χ3n) is 2.78. The topological polar surface area (TPSA) is 43.4 Å². The highest BCUT2D eigenvalue weighted by molar-refractivity contribution is 8.13. The lowest BCUT2D eigenvalue weighted by molar-refractivity contribution is 0.482. The van der Waals surface area contributed by atoms with Gasteiger partial charge in [0.25, 0.3) is 0 Å². The summed E-state index contributed by atoms with van der Waals surface area (Å²) in [6.07, 6.45) is 0. The van der Waals surface area contributed by atoms with Crippen molar-refractivity contribution in [1.29, 1.82) is 0 Å². The van der Waals surface area contributed by atoms with Crippen LogP contribution in [0.4, 0.5) is 0 Å². The molecule has 1 aliphatic rings. The van der Waals surface area contributed by atoms with E-state index in [-0.39, 0.29) is 5.75 Å². The molecular weight excluding hydrogens is 292 g/mol. The van der Waals surface area contributed by atoms with E-state index in [1.165, 1.54) is 11.8 Å². The fourth-order valence-corrected chi connectivity index (χ4v) is 3.91. The summed E-state index contributed by atoms with van der Waals surface area (Å²) in [5, 5.41) is 1.85. The minimum absolute atomic E-state index is 0.0938. The average Bonchev–Trinajstić information content (AvgIpc) is 3.24. The fraction of sp³-hybridized carbons (Fsp3) is 0.0667. The normalized spacial score (nSPS) is 13.7. The van der Waals surface area contributed by atoms with Crippen LogP contribution in [0, 0.1) is 0 Å². The zero-order chi connectivity index (χ0) is 14.0. The van der Waals surface area contributed by atoms with Gasteiger partial charge in [-0.3, -0.25) is 0 Å². The van der Waals surface area contributed by atoms with Crippen molar-refractivity contribution in [3.8, 4) is 11.5 Å². The van der Waals surface area contributed by atoms with Gasteiger partial charge in [-0.2, -0.15) is 0 Å². The molecule has 0 amide bonds. The summed E-state index contributed by atoms with van der Waals surface area (Å²) in [6.45, 7) is 0. The van der Waals surface area contributed by atoms with Crippen LogP contribution in [0.25, 0.3) is 0 Å². The number of thioether (sulfide) groups is 1. The summed E-state index contributed by atoms with van der Waals surface area (Å²) in [7, 11) is -3.23. The first-order valence-electron chi connectivity index (χ1n) is 6.05. The summed E-state index contributed by atoms with van der Waals surface area (Å²) < 4.78 is 29.7. The molecule has 0 bridgehead atoms. The molecular formula is C15H12O3S2. The summed E-state index contributed by atoms with van der Waals surface area (Å²) in [5.74, 6) is 1.44. The van der Waals surface area contributed by atoms with Gasteiger partial charge in [0.15, 0.2) is 9.84 Å². The third-order valence-corrected chi connectivity index (χ3v) is 5.36. The van der Waals surface area contributed by atoms with Gasteiger partial charge in [0, 0.05) is 4.91 Å². The minimum Gasteiger partial charge on any atom is -0.457 e. The molecule has 0 atom stereocenters. The van der Waals surface area contributed by atoms with Crippen LogP contribution >= 0.6 is 11.8 Å². The molecule has 2 aromatic carbocycles. The number of hydrogen-bond donors (Lipinski definition) is 0. The van der Waals surface area contributed by atoms with Gasteiger partial charge in [-0.15, -0.1) is 11.8 Å². The average molecular weight is 304 g/mol. The van der Waals surface area contributed by atoms with Gasteiger partial charge in [0.05, 0.1) is 10.6 Å². The molecule has 0 unspecified atom stereocenters. The number of hydrogen-bond acceptors (Lipinski definition) is 4. The van der Waals surface area contributed by atoms with Crippen molar-refractivity contribution in [3.63, 3.8) is 0 Å². The Balaban J connectivity index is 1.76. The molecule has 0 radical (unpaired) electrons. The second kappa shape index (κ2) is 5.34. The van der Waals surface area contributed by atoms with Crippen molar-refractivity contribution in [2.75, 3.05) is 5.75 Å². The van der Waals surface area contributed by atoms with Gasteiger partial charge in [-0.1, -0.05) is 18.2 Å². The molecule has 2 aromatic rings. The first-order valence-corrected chi connectivity index (χ1v) is 8.58. The lowest BCUT2D eigenvalue weighted by Gasteiger charge is -2.06. The first-order chi connectivity index (χ1) is 9.63.